The van der Waals surface area contributed by atoms with E-state index >= 15 is 0 Å². The number of fused-ring (bicyclic) bond motifs is 1. The molecule has 1 heterocycles. The van der Waals surface area contributed by atoms with Gasteiger partial charge >= 0.3 is 5.69 Å². The summed E-state index contributed by atoms with van der Waals surface area (Å²) >= 11 is 12.1. The van der Waals surface area contributed by atoms with Crippen LogP contribution in [-0.4, -0.2) is 9.97 Å². The summed E-state index contributed by atoms with van der Waals surface area (Å²) in [5, 5.41) is 0.635. The fraction of sp³-hybridized carbons (Fsp3) is 0. The Morgan fingerprint density at radius 1 is 1.00 bits per heavy atom. The van der Waals surface area contributed by atoms with Crippen molar-refractivity contribution in [2.75, 3.05) is 5.73 Å². The third-order valence-electron chi connectivity index (χ3n) is 2.73. The van der Waals surface area contributed by atoms with Crippen molar-refractivity contribution in [2.24, 2.45) is 0 Å². The monoisotopic (exact) mass is 309 g/mol. The van der Waals surface area contributed by atoms with Gasteiger partial charge in [-0.3, -0.25) is 0 Å². The highest BCUT2D eigenvalue weighted by molar-refractivity contribution is 6.37. The molecule has 3 aromatic rings. The number of anilines is 1. The molecule has 0 aliphatic heterocycles. The van der Waals surface area contributed by atoms with E-state index in [1.165, 1.54) is 0 Å². The van der Waals surface area contributed by atoms with Gasteiger partial charge in [0.15, 0.2) is 5.75 Å². The van der Waals surface area contributed by atoms with Crippen molar-refractivity contribution in [1.29, 1.82) is 0 Å². The highest BCUT2D eigenvalue weighted by Gasteiger charge is 2.10. The maximum absolute atomic E-state index is 11.2. The molecule has 0 radical (unpaired) electrons. The predicted molar refractivity (Wildman–Crippen MR) is 79.9 cm³/mol. The molecule has 4 N–H and O–H groups in total. The topological polar surface area (TPSA) is 83.9 Å². The number of hydrogen-bond acceptors (Lipinski definition) is 3. The molecule has 2 aromatic carbocycles. The smallest absolute Gasteiger partial charge is 0.323 e. The third-order valence-corrected chi connectivity index (χ3v) is 3.29. The highest BCUT2D eigenvalue weighted by atomic mass is 35.5. The zero-order valence-corrected chi connectivity index (χ0v) is 11.5. The first kappa shape index (κ1) is 12.9. The van der Waals surface area contributed by atoms with Crippen LogP contribution in [0.1, 0.15) is 0 Å². The van der Waals surface area contributed by atoms with E-state index in [0.29, 0.717) is 38.3 Å². The Hall–Kier alpha value is -2.11. The minimum Gasteiger partial charge on any atom is -0.454 e. The summed E-state index contributed by atoms with van der Waals surface area (Å²) in [7, 11) is 0. The number of imidazole rings is 1. The fourth-order valence-electron chi connectivity index (χ4n) is 1.87. The van der Waals surface area contributed by atoms with Crippen molar-refractivity contribution < 1.29 is 4.74 Å². The summed E-state index contributed by atoms with van der Waals surface area (Å²) in [5.41, 5.74) is 7.14. The lowest BCUT2D eigenvalue weighted by atomic mass is 10.3. The zero-order valence-electron chi connectivity index (χ0n) is 10.0. The van der Waals surface area contributed by atoms with E-state index in [1.807, 2.05) is 0 Å². The molecule has 0 aliphatic rings. The molecular weight excluding hydrogens is 301 g/mol. The van der Waals surface area contributed by atoms with Gasteiger partial charge in [-0.2, -0.15) is 0 Å². The molecule has 0 atom stereocenters. The van der Waals surface area contributed by atoms with Gasteiger partial charge in [-0.1, -0.05) is 23.2 Å². The molecule has 3 rings (SSSR count). The van der Waals surface area contributed by atoms with E-state index in [1.54, 1.807) is 30.3 Å². The molecule has 0 amide bonds. The van der Waals surface area contributed by atoms with Gasteiger partial charge in [0, 0.05) is 11.8 Å². The maximum atomic E-state index is 11.2. The van der Waals surface area contributed by atoms with Gasteiger partial charge < -0.3 is 20.4 Å². The van der Waals surface area contributed by atoms with Crippen molar-refractivity contribution in [3.05, 3.63) is 50.9 Å². The first-order valence-electron chi connectivity index (χ1n) is 5.67. The molecule has 0 aliphatic carbocycles. The first-order valence-corrected chi connectivity index (χ1v) is 6.43. The molecule has 0 bridgehead atoms. The predicted octanol–water partition coefficient (Wildman–Crippen LogP) is 3.54. The Balaban J connectivity index is 2.02. The standard InChI is InChI=1S/C13H9Cl2N3O2/c14-8-3-6(16)4-9(15)12(8)20-7-1-2-10-11(5-7)18-13(19)17-10/h1-5H,16H2,(H2,17,18,19). The van der Waals surface area contributed by atoms with Crippen molar-refractivity contribution >= 4 is 39.9 Å². The minimum atomic E-state index is -0.277. The second-order valence-electron chi connectivity index (χ2n) is 4.20. The zero-order chi connectivity index (χ0) is 14.3. The van der Waals surface area contributed by atoms with Crippen molar-refractivity contribution in [3.63, 3.8) is 0 Å². The first-order chi connectivity index (χ1) is 9.52. The van der Waals surface area contributed by atoms with Gasteiger partial charge in [0.1, 0.15) is 5.75 Å². The summed E-state index contributed by atoms with van der Waals surface area (Å²) in [4.78, 5) is 16.5. The molecule has 102 valence electrons. The number of halogens is 2. The van der Waals surface area contributed by atoms with E-state index in [-0.39, 0.29) is 5.69 Å². The highest BCUT2D eigenvalue weighted by Crippen LogP contribution is 2.38. The number of aromatic nitrogens is 2. The third kappa shape index (κ3) is 2.33. The molecule has 0 saturated heterocycles. The van der Waals surface area contributed by atoms with E-state index in [9.17, 15) is 4.79 Å². The number of aromatic amines is 2. The van der Waals surface area contributed by atoms with E-state index < -0.39 is 0 Å². The molecule has 0 unspecified atom stereocenters. The van der Waals surface area contributed by atoms with Crippen LogP contribution < -0.4 is 16.2 Å². The summed E-state index contributed by atoms with van der Waals surface area (Å²) in [6, 6.07) is 8.21. The van der Waals surface area contributed by atoms with Crippen LogP contribution in [0, 0.1) is 0 Å². The lowest BCUT2D eigenvalue weighted by Gasteiger charge is -2.10. The van der Waals surface area contributed by atoms with Crippen LogP contribution in [0.2, 0.25) is 10.0 Å². The van der Waals surface area contributed by atoms with Gasteiger partial charge in [0.05, 0.1) is 21.1 Å². The Morgan fingerprint density at radius 2 is 1.65 bits per heavy atom. The van der Waals surface area contributed by atoms with Gasteiger partial charge in [0.25, 0.3) is 0 Å². The van der Waals surface area contributed by atoms with Crippen LogP contribution in [0.25, 0.3) is 11.0 Å². The Labute approximate surface area is 123 Å². The molecular formula is C13H9Cl2N3O2. The van der Waals surface area contributed by atoms with Gasteiger partial charge in [-0.15, -0.1) is 0 Å². The van der Waals surface area contributed by atoms with Crippen LogP contribution in [0.3, 0.4) is 0 Å². The second kappa shape index (κ2) is 4.77. The number of ether oxygens (including phenoxy) is 1. The molecule has 1 aromatic heterocycles. The number of H-pyrrole nitrogens is 2. The molecule has 0 fully saturated rings. The van der Waals surface area contributed by atoms with Gasteiger partial charge in [-0.05, 0) is 24.3 Å². The molecule has 5 nitrogen and oxygen atoms in total. The summed E-state index contributed by atoms with van der Waals surface area (Å²) in [5.74, 6) is 0.820. The maximum Gasteiger partial charge on any atom is 0.323 e. The Morgan fingerprint density at radius 3 is 2.35 bits per heavy atom. The second-order valence-corrected chi connectivity index (χ2v) is 5.02. The average Bonchev–Trinajstić information content (AvgIpc) is 2.73. The normalized spacial score (nSPS) is 10.9. The number of hydrogen-bond donors (Lipinski definition) is 3. The van der Waals surface area contributed by atoms with Gasteiger partial charge in [-0.25, -0.2) is 4.79 Å². The number of nitrogens with two attached hydrogens (primary N) is 1. The van der Waals surface area contributed by atoms with Gasteiger partial charge in [0.2, 0.25) is 0 Å². The van der Waals surface area contributed by atoms with Crippen LogP contribution in [-0.2, 0) is 0 Å². The van der Waals surface area contributed by atoms with E-state index in [0.717, 1.165) is 0 Å². The van der Waals surface area contributed by atoms with E-state index in [4.69, 9.17) is 33.7 Å². The fourth-order valence-corrected chi connectivity index (χ4v) is 2.45. The summed E-state index contributed by atoms with van der Waals surface area (Å²) < 4.78 is 5.66. The van der Waals surface area contributed by atoms with Crippen LogP contribution >= 0.6 is 23.2 Å². The molecule has 20 heavy (non-hydrogen) atoms. The quantitative estimate of drug-likeness (QED) is 0.633. The van der Waals surface area contributed by atoms with Crippen molar-refractivity contribution in [1.82, 2.24) is 9.97 Å². The summed E-state index contributed by atoms with van der Waals surface area (Å²) in [6.45, 7) is 0. The minimum absolute atomic E-state index is 0.277. The van der Waals surface area contributed by atoms with Crippen LogP contribution in [0.5, 0.6) is 11.5 Å². The number of rotatable bonds is 2. The Kier molecular flexibility index (Phi) is 3.08. The van der Waals surface area contributed by atoms with Crippen molar-refractivity contribution in [3.8, 4) is 11.5 Å². The molecule has 0 spiro atoms. The lowest BCUT2D eigenvalue weighted by molar-refractivity contribution is 0.484. The van der Waals surface area contributed by atoms with Crippen LogP contribution in [0.4, 0.5) is 5.69 Å². The van der Waals surface area contributed by atoms with Crippen LogP contribution in [0.15, 0.2) is 35.1 Å². The number of nitrogen functional groups attached to an aromatic ring is 1. The number of nitrogens with one attached hydrogen (secondary N) is 2. The van der Waals surface area contributed by atoms with E-state index in [2.05, 4.69) is 9.97 Å². The average molecular weight is 310 g/mol. The summed E-state index contributed by atoms with van der Waals surface area (Å²) in [6.07, 6.45) is 0. The molecule has 0 saturated carbocycles. The Bertz CT molecular complexity index is 831. The lowest BCUT2D eigenvalue weighted by Crippen LogP contribution is -1.99. The van der Waals surface area contributed by atoms with Crippen molar-refractivity contribution in [2.45, 2.75) is 0 Å². The SMILES string of the molecule is Nc1cc(Cl)c(Oc2ccc3[nH]c(=O)[nH]c3c2)c(Cl)c1. The number of benzene rings is 2. The molecule has 7 heteroatoms. The largest absolute Gasteiger partial charge is 0.454 e.